The van der Waals surface area contributed by atoms with Gasteiger partial charge >= 0.3 is 5.97 Å². The van der Waals surface area contributed by atoms with Gasteiger partial charge in [0.05, 0.1) is 24.8 Å². The van der Waals surface area contributed by atoms with Crippen molar-refractivity contribution in [1.29, 1.82) is 0 Å². The molecule has 5 heteroatoms. The van der Waals surface area contributed by atoms with E-state index in [-0.39, 0.29) is 17.8 Å². The average molecular weight is 288 g/mol. The van der Waals surface area contributed by atoms with Crippen LogP contribution in [0, 0.1) is 5.41 Å². The van der Waals surface area contributed by atoms with Gasteiger partial charge in [-0.25, -0.2) is 4.79 Å². The molecule has 0 radical (unpaired) electrons. The fraction of sp³-hybridized carbons (Fsp3) is 0.500. The van der Waals surface area contributed by atoms with Crippen LogP contribution in [0.3, 0.4) is 0 Å². The van der Waals surface area contributed by atoms with Gasteiger partial charge < -0.3 is 15.6 Å². The highest BCUT2D eigenvalue weighted by molar-refractivity contribution is 5.89. The van der Waals surface area contributed by atoms with Gasteiger partial charge in [-0.15, -0.1) is 12.4 Å². The zero-order valence-electron chi connectivity index (χ0n) is 11.7. The highest BCUT2D eigenvalue weighted by Gasteiger charge is 2.29. The van der Waals surface area contributed by atoms with Crippen LogP contribution in [0.5, 0.6) is 0 Å². The lowest BCUT2D eigenvalue weighted by Gasteiger charge is -2.31. The molecule has 0 heterocycles. The molecule has 2 atom stereocenters. The third kappa shape index (κ3) is 4.49. The summed E-state index contributed by atoms with van der Waals surface area (Å²) in [5.41, 5.74) is 6.87. The molecule has 0 unspecified atom stereocenters. The molecule has 0 saturated carbocycles. The van der Waals surface area contributed by atoms with Gasteiger partial charge in [-0.3, -0.25) is 0 Å². The molecule has 108 valence electrons. The van der Waals surface area contributed by atoms with Crippen molar-refractivity contribution in [3.63, 3.8) is 0 Å². The highest BCUT2D eigenvalue weighted by Crippen LogP contribution is 2.28. The molecule has 3 N–H and O–H groups in total. The number of rotatable bonds is 3. The zero-order valence-corrected chi connectivity index (χ0v) is 12.5. The number of aliphatic hydroxyl groups excluding tert-OH is 1. The van der Waals surface area contributed by atoms with Crippen molar-refractivity contribution in [3.05, 3.63) is 35.4 Å². The van der Waals surface area contributed by atoms with Crippen LogP contribution in [0.2, 0.25) is 0 Å². The molecule has 0 spiro atoms. The number of carbonyl (C=O) groups is 1. The largest absolute Gasteiger partial charge is 0.465 e. The molecule has 0 aliphatic rings. The van der Waals surface area contributed by atoms with Crippen LogP contribution < -0.4 is 5.73 Å². The van der Waals surface area contributed by atoms with Gasteiger partial charge in [0.2, 0.25) is 0 Å². The smallest absolute Gasteiger partial charge is 0.337 e. The maximum absolute atomic E-state index is 11.4. The second-order valence-corrected chi connectivity index (χ2v) is 5.45. The predicted molar refractivity (Wildman–Crippen MR) is 77.4 cm³/mol. The summed E-state index contributed by atoms with van der Waals surface area (Å²) in [4.78, 5) is 11.4. The van der Waals surface area contributed by atoms with Gasteiger partial charge in [0.25, 0.3) is 0 Å². The maximum Gasteiger partial charge on any atom is 0.337 e. The molecular weight excluding hydrogens is 266 g/mol. The monoisotopic (exact) mass is 287 g/mol. The van der Waals surface area contributed by atoms with Gasteiger partial charge in [0.1, 0.15) is 0 Å². The van der Waals surface area contributed by atoms with Gasteiger partial charge in [-0.05, 0) is 23.1 Å². The maximum atomic E-state index is 11.4. The Kier molecular flexibility index (Phi) is 6.49. The van der Waals surface area contributed by atoms with Crippen molar-refractivity contribution >= 4 is 18.4 Å². The van der Waals surface area contributed by atoms with E-state index in [1.165, 1.54) is 7.11 Å². The van der Waals surface area contributed by atoms with E-state index in [4.69, 9.17) is 5.73 Å². The Labute approximate surface area is 120 Å². The predicted octanol–water partition coefficient (Wildman–Crippen LogP) is 2.30. The topological polar surface area (TPSA) is 72.5 Å². The SMILES string of the molecule is COC(=O)c1cccc([C@H](N)[C@H](O)C(C)(C)C)c1.Cl. The van der Waals surface area contributed by atoms with Gasteiger partial charge in [0, 0.05) is 0 Å². The Morgan fingerprint density at radius 3 is 2.42 bits per heavy atom. The van der Waals surface area contributed by atoms with Crippen molar-refractivity contribution in [2.45, 2.75) is 32.9 Å². The summed E-state index contributed by atoms with van der Waals surface area (Å²) in [6.07, 6.45) is -0.689. The molecule has 1 aromatic rings. The molecule has 0 amide bonds. The Balaban J connectivity index is 0.00000324. The van der Waals surface area contributed by atoms with E-state index < -0.39 is 18.1 Å². The van der Waals surface area contributed by atoms with Crippen LogP contribution in [0.15, 0.2) is 24.3 Å². The summed E-state index contributed by atoms with van der Waals surface area (Å²) in [5, 5.41) is 10.2. The third-order valence-electron chi connectivity index (χ3n) is 2.92. The van der Waals surface area contributed by atoms with Crippen LogP contribution in [-0.4, -0.2) is 24.3 Å². The number of methoxy groups -OCH3 is 1. The molecule has 0 fully saturated rings. The van der Waals surface area contributed by atoms with Gasteiger partial charge in [-0.2, -0.15) is 0 Å². The summed E-state index contributed by atoms with van der Waals surface area (Å²) in [7, 11) is 1.33. The number of esters is 1. The highest BCUT2D eigenvalue weighted by atomic mass is 35.5. The minimum Gasteiger partial charge on any atom is -0.465 e. The molecular formula is C14H22ClNO3. The number of aliphatic hydroxyl groups is 1. The van der Waals surface area contributed by atoms with Crippen molar-refractivity contribution in [2.75, 3.05) is 7.11 Å². The number of halogens is 1. The number of hydrogen-bond acceptors (Lipinski definition) is 4. The normalized spacial score (nSPS) is 14.2. The first kappa shape index (κ1) is 17.9. The molecule has 0 aromatic heterocycles. The molecule has 1 aromatic carbocycles. The molecule has 4 nitrogen and oxygen atoms in total. The minimum atomic E-state index is -0.689. The number of hydrogen-bond donors (Lipinski definition) is 2. The van der Waals surface area contributed by atoms with Crippen molar-refractivity contribution in [3.8, 4) is 0 Å². The number of nitrogens with two attached hydrogens (primary N) is 1. The molecule has 0 aliphatic carbocycles. The fourth-order valence-electron chi connectivity index (χ4n) is 1.71. The van der Waals surface area contributed by atoms with Crippen LogP contribution in [0.4, 0.5) is 0 Å². The molecule has 1 rings (SSSR count). The Morgan fingerprint density at radius 2 is 1.95 bits per heavy atom. The lowest BCUT2D eigenvalue weighted by atomic mass is 9.82. The van der Waals surface area contributed by atoms with E-state index in [2.05, 4.69) is 4.74 Å². The Morgan fingerprint density at radius 1 is 1.37 bits per heavy atom. The van der Waals surface area contributed by atoms with Crippen LogP contribution >= 0.6 is 12.4 Å². The third-order valence-corrected chi connectivity index (χ3v) is 2.92. The van der Waals surface area contributed by atoms with E-state index in [0.717, 1.165) is 5.56 Å². The minimum absolute atomic E-state index is 0. The molecule has 19 heavy (non-hydrogen) atoms. The second-order valence-electron chi connectivity index (χ2n) is 5.45. The first-order valence-corrected chi connectivity index (χ1v) is 5.89. The molecule has 0 saturated heterocycles. The van der Waals surface area contributed by atoms with Crippen molar-refractivity contribution in [2.24, 2.45) is 11.1 Å². The van der Waals surface area contributed by atoms with E-state index in [1.807, 2.05) is 20.8 Å². The Bertz CT molecular complexity index is 429. The zero-order chi connectivity index (χ0) is 13.9. The van der Waals surface area contributed by atoms with Gasteiger partial charge in [0.15, 0.2) is 0 Å². The number of benzene rings is 1. The second kappa shape index (κ2) is 6.89. The van der Waals surface area contributed by atoms with E-state index in [0.29, 0.717) is 5.56 Å². The van der Waals surface area contributed by atoms with E-state index >= 15 is 0 Å². The Hall–Kier alpha value is -1.10. The summed E-state index contributed by atoms with van der Waals surface area (Å²) >= 11 is 0. The first-order valence-electron chi connectivity index (χ1n) is 5.89. The molecule has 0 bridgehead atoms. The van der Waals surface area contributed by atoms with Crippen molar-refractivity contribution < 1.29 is 14.6 Å². The van der Waals surface area contributed by atoms with E-state index in [1.54, 1.807) is 24.3 Å². The summed E-state index contributed by atoms with van der Waals surface area (Å²) in [6, 6.07) is 6.31. The lowest BCUT2D eigenvalue weighted by molar-refractivity contribution is 0.0400. The van der Waals surface area contributed by atoms with Crippen molar-refractivity contribution in [1.82, 2.24) is 0 Å². The lowest BCUT2D eigenvalue weighted by Crippen LogP contribution is -2.37. The quantitative estimate of drug-likeness (QED) is 0.837. The van der Waals surface area contributed by atoms with Crippen LogP contribution in [0.25, 0.3) is 0 Å². The fourth-order valence-corrected chi connectivity index (χ4v) is 1.71. The first-order chi connectivity index (χ1) is 8.27. The van der Waals surface area contributed by atoms with E-state index in [9.17, 15) is 9.90 Å². The van der Waals surface area contributed by atoms with Crippen LogP contribution in [-0.2, 0) is 4.74 Å². The summed E-state index contributed by atoms with van der Waals surface area (Å²) in [5.74, 6) is -0.408. The van der Waals surface area contributed by atoms with Gasteiger partial charge in [-0.1, -0.05) is 32.9 Å². The number of ether oxygens (including phenoxy) is 1. The average Bonchev–Trinajstić information content (AvgIpc) is 2.35. The summed E-state index contributed by atoms with van der Waals surface area (Å²) in [6.45, 7) is 5.76. The number of carbonyl (C=O) groups excluding carboxylic acids is 1. The standard InChI is InChI=1S/C14H21NO3.ClH/c1-14(2,3)12(16)11(15)9-6-5-7-10(8-9)13(17)18-4;/h5-8,11-12,16H,15H2,1-4H3;1H/t11-,12-;/m0./s1. The molecule has 0 aliphatic heterocycles. The van der Waals surface area contributed by atoms with Crippen LogP contribution in [0.1, 0.15) is 42.7 Å². The summed E-state index contributed by atoms with van der Waals surface area (Å²) < 4.78 is 4.66.